The molecule has 0 radical (unpaired) electrons. The Balaban J connectivity index is 1.40. The van der Waals surface area contributed by atoms with Crippen LogP contribution in [0.3, 0.4) is 0 Å². The molecule has 0 bridgehead atoms. The van der Waals surface area contributed by atoms with Crippen molar-refractivity contribution in [1.82, 2.24) is 14.8 Å². The number of nitrogens with zero attached hydrogens (tertiary/aromatic N) is 3. The van der Waals surface area contributed by atoms with E-state index in [9.17, 15) is 4.79 Å². The van der Waals surface area contributed by atoms with Crippen LogP contribution in [0.2, 0.25) is 0 Å². The average Bonchev–Trinajstić information content (AvgIpc) is 3.01. The van der Waals surface area contributed by atoms with Crippen LogP contribution < -0.4 is 5.32 Å². The summed E-state index contributed by atoms with van der Waals surface area (Å²) < 4.78 is 0. The molecule has 1 aromatic rings. The summed E-state index contributed by atoms with van der Waals surface area (Å²) in [6.45, 7) is 9.74. The molecule has 3 rings (SSSR count). The van der Waals surface area contributed by atoms with Gasteiger partial charge in [0.15, 0.2) is 0 Å². The number of anilines is 1. The van der Waals surface area contributed by atoms with E-state index in [4.69, 9.17) is 0 Å². The molecular formula is C19H30N4O. The summed E-state index contributed by atoms with van der Waals surface area (Å²) in [5, 5.41) is 3.44. The fourth-order valence-corrected chi connectivity index (χ4v) is 3.66. The van der Waals surface area contributed by atoms with E-state index in [0.29, 0.717) is 18.4 Å². The van der Waals surface area contributed by atoms with Gasteiger partial charge in [-0.2, -0.15) is 0 Å². The van der Waals surface area contributed by atoms with Gasteiger partial charge in [0.05, 0.1) is 6.54 Å². The van der Waals surface area contributed by atoms with Crippen molar-refractivity contribution in [2.75, 3.05) is 44.6 Å². The van der Waals surface area contributed by atoms with Gasteiger partial charge in [0, 0.05) is 31.9 Å². The van der Waals surface area contributed by atoms with Crippen molar-refractivity contribution < 1.29 is 4.79 Å². The van der Waals surface area contributed by atoms with E-state index < -0.39 is 0 Å². The Morgan fingerprint density at radius 3 is 2.79 bits per heavy atom. The maximum atomic E-state index is 12.4. The van der Waals surface area contributed by atoms with Crippen molar-refractivity contribution in [1.29, 1.82) is 0 Å². The van der Waals surface area contributed by atoms with Gasteiger partial charge in [0.25, 0.3) is 0 Å². The van der Waals surface area contributed by atoms with Gasteiger partial charge in [-0.3, -0.25) is 9.69 Å². The van der Waals surface area contributed by atoms with Crippen molar-refractivity contribution in [3.63, 3.8) is 0 Å². The van der Waals surface area contributed by atoms with E-state index in [1.165, 1.54) is 0 Å². The average molecular weight is 330 g/mol. The molecule has 1 atom stereocenters. The van der Waals surface area contributed by atoms with Crippen LogP contribution in [0.1, 0.15) is 31.9 Å². The second-order valence-corrected chi connectivity index (χ2v) is 7.50. The minimum atomic E-state index is 0.316. The number of carbonyl (C=O) groups excluding carboxylic acids is 1. The number of pyridine rings is 1. The van der Waals surface area contributed by atoms with Crippen LogP contribution in [-0.2, 0) is 4.79 Å². The number of amides is 1. The standard InChI is InChI=1S/C19H30N4O/c1-15-6-10-23(11-7-15)19(24)14-22-9-8-17(13-22)12-20-18-5-3-4-16(2)21-18/h3-5,15,17H,6-14H2,1-2H3,(H,20,21)/t17-/m0/s1. The lowest BCUT2D eigenvalue weighted by atomic mass is 9.99. The van der Waals surface area contributed by atoms with Gasteiger partial charge >= 0.3 is 0 Å². The van der Waals surface area contributed by atoms with E-state index in [-0.39, 0.29) is 0 Å². The molecule has 0 unspecified atom stereocenters. The van der Waals surface area contributed by atoms with Gasteiger partial charge in [-0.15, -0.1) is 0 Å². The predicted molar refractivity (Wildman–Crippen MR) is 97.0 cm³/mol. The highest BCUT2D eigenvalue weighted by Crippen LogP contribution is 2.19. The first-order chi connectivity index (χ1) is 11.6. The number of aryl methyl sites for hydroxylation is 1. The SMILES string of the molecule is Cc1cccc(NC[C@@H]2CCN(CC(=O)N3CCC(C)CC3)C2)n1. The molecular weight excluding hydrogens is 300 g/mol. The molecule has 2 aliphatic rings. The molecule has 2 fully saturated rings. The van der Waals surface area contributed by atoms with Crippen LogP contribution in [0.5, 0.6) is 0 Å². The smallest absolute Gasteiger partial charge is 0.236 e. The van der Waals surface area contributed by atoms with E-state index in [1.54, 1.807) is 0 Å². The van der Waals surface area contributed by atoms with Crippen LogP contribution in [0, 0.1) is 18.8 Å². The number of hydrogen-bond donors (Lipinski definition) is 1. The molecule has 1 amide bonds. The van der Waals surface area contributed by atoms with E-state index in [1.807, 2.05) is 25.1 Å². The monoisotopic (exact) mass is 330 g/mol. The normalized spacial score (nSPS) is 22.8. The summed E-state index contributed by atoms with van der Waals surface area (Å²) in [4.78, 5) is 21.3. The Hall–Kier alpha value is -1.62. The van der Waals surface area contributed by atoms with Crippen LogP contribution >= 0.6 is 0 Å². The fraction of sp³-hybridized carbons (Fsp3) is 0.684. The predicted octanol–water partition coefficient (Wildman–Crippen LogP) is 2.38. The van der Waals surface area contributed by atoms with Gasteiger partial charge in [0.1, 0.15) is 5.82 Å². The zero-order valence-corrected chi connectivity index (χ0v) is 15.0. The number of likely N-dealkylation sites (tertiary alicyclic amines) is 2. The van der Waals surface area contributed by atoms with Gasteiger partial charge in [-0.05, 0) is 56.7 Å². The highest BCUT2D eigenvalue weighted by Gasteiger charge is 2.27. The third-order valence-electron chi connectivity index (χ3n) is 5.33. The van der Waals surface area contributed by atoms with Gasteiger partial charge in [0.2, 0.25) is 5.91 Å². The number of hydrogen-bond acceptors (Lipinski definition) is 4. The summed E-state index contributed by atoms with van der Waals surface area (Å²) >= 11 is 0. The number of rotatable bonds is 5. The Kier molecular flexibility index (Phi) is 5.72. The molecule has 0 aliphatic carbocycles. The van der Waals surface area contributed by atoms with Crippen molar-refractivity contribution in [3.8, 4) is 0 Å². The first kappa shape index (κ1) is 17.2. The lowest BCUT2D eigenvalue weighted by Crippen LogP contribution is -2.43. The molecule has 2 aliphatic heterocycles. The molecule has 0 saturated carbocycles. The largest absolute Gasteiger partial charge is 0.370 e. The molecule has 24 heavy (non-hydrogen) atoms. The summed E-state index contributed by atoms with van der Waals surface area (Å²) in [6, 6.07) is 6.06. The minimum Gasteiger partial charge on any atom is -0.370 e. The molecule has 0 aromatic carbocycles. The zero-order valence-electron chi connectivity index (χ0n) is 15.0. The lowest BCUT2D eigenvalue weighted by molar-refractivity contribution is -0.133. The second kappa shape index (κ2) is 7.97. The molecule has 2 saturated heterocycles. The molecule has 1 aromatic heterocycles. The molecule has 0 spiro atoms. The Morgan fingerprint density at radius 2 is 2.04 bits per heavy atom. The Morgan fingerprint density at radius 1 is 1.25 bits per heavy atom. The number of nitrogens with one attached hydrogen (secondary N) is 1. The van der Waals surface area contributed by atoms with Crippen LogP contribution in [0.4, 0.5) is 5.82 Å². The third kappa shape index (κ3) is 4.69. The lowest BCUT2D eigenvalue weighted by Gasteiger charge is -2.31. The van der Waals surface area contributed by atoms with Crippen molar-refractivity contribution in [2.24, 2.45) is 11.8 Å². The van der Waals surface area contributed by atoms with Gasteiger partial charge in [-0.1, -0.05) is 13.0 Å². The first-order valence-electron chi connectivity index (χ1n) is 9.28. The zero-order chi connectivity index (χ0) is 16.9. The third-order valence-corrected chi connectivity index (χ3v) is 5.33. The maximum Gasteiger partial charge on any atom is 0.236 e. The molecule has 5 heteroatoms. The van der Waals surface area contributed by atoms with Crippen LogP contribution in [0.25, 0.3) is 0 Å². The summed E-state index contributed by atoms with van der Waals surface area (Å²) in [5.74, 6) is 2.64. The molecule has 132 valence electrons. The van der Waals surface area contributed by atoms with Crippen LogP contribution in [0.15, 0.2) is 18.2 Å². The molecule has 1 N–H and O–H groups in total. The minimum absolute atomic E-state index is 0.316. The van der Waals surface area contributed by atoms with E-state index >= 15 is 0 Å². The second-order valence-electron chi connectivity index (χ2n) is 7.50. The number of aromatic nitrogens is 1. The maximum absolute atomic E-state index is 12.4. The van der Waals surface area contributed by atoms with E-state index in [2.05, 4.69) is 27.0 Å². The van der Waals surface area contributed by atoms with Crippen molar-refractivity contribution >= 4 is 11.7 Å². The van der Waals surface area contributed by atoms with Crippen LogP contribution in [-0.4, -0.2) is 60.0 Å². The van der Waals surface area contributed by atoms with E-state index in [0.717, 1.165) is 69.4 Å². The van der Waals surface area contributed by atoms with Gasteiger partial charge in [-0.25, -0.2) is 4.98 Å². The number of piperidine rings is 1. The Labute approximate surface area is 145 Å². The summed E-state index contributed by atoms with van der Waals surface area (Å²) in [6.07, 6.45) is 3.46. The quantitative estimate of drug-likeness (QED) is 0.900. The topological polar surface area (TPSA) is 48.5 Å². The van der Waals surface area contributed by atoms with Crippen molar-refractivity contribution in [2.45, 2.75) is 33.1 Å². The van der Waals surface area contributed by atoms with Gasteiger partial charge < -0.3 is 10.2 Å². The fourth-order valence-electron chi connectivity index (χ4n) is 3.66. The Bertz CT molecular complexity index is 554. The first-order valence-corrected chi connectivity index (χ1v) is 9.28. The highest BCUT2D eigenvalue weighted by atomic mass is 16.2. The summed E-state index contributed by atoms with van der Waals surface area (Å²) in [5.41, 5.74) is 1.04. The molecule has 3 heterocycles. The summed E-state index contributed by atoms with van der Waals surface area (Å²) in [7, 11) is 0. The molecule has 5 nitrogen and oxygen atoms in total. The number of carbonyl (C=O) groups is 1. The van der Waals surface area contributed by atoms with Crippen molar-refractivity contribution in [3.05, 3.63) is 23.9 Å². The highest BCUT2D eigenvalue weighted by molar-refractivity contribution is 5.78.